The van der Waals surface area contributed by atoms with Crippen LogP contribution in [0.15, 0.2) is 22.7 Å². The summed E-state index contributed by atoms with van der Waals surface area (Å²) in [5.41, 5.74) is 0.366. The number of imidazole rings is 1. The molecule has 0 radical (unpaired) electrons. The van der Waals surface area contributed by atoms with Crippen molar-refractivity contribution in [3.63, 3.8) is 0 Å². The second kappa shape index (κ2) is 8.42. The number of hydrogen-bond acceptors (Lipinski definition) is 6. The first-order valence-corrected chi connectivity index (χ1v) is 10.5. The third-order valence-corrected chi connectivity index (χ3v) is 5.42. The minimum Gasteiger partial charge on any atom is -0.338 e. The lowest BCUT2D eigenvalue weighted by molar-refractivity contribution is 0.0875. The monoisotopic (exact) mass is 444 g/mol. The van der Waals surface area contributed by atoms with Crippen LogP contribution in [0, 0.1) is 24.0 Å². The average Bonchev–Trinajstić information content (AvgIpc) is 3.22. The molecule has 0 fully saturated rings. The Bertz CT molecular complexity index is 1150. The van der Waals surface area contributed by atoms with E-state index < -0.39 is 29.0 Å². The first kappa shape index (κ1) is 22.1. The maximum Gasteiger partial charge on any atom is 0.272 e. The smallest absolute Gasteiger partial charge is 0.272 e. The van der Waals surface area contributed by atoms with E-state index in [-0.39, 0.29) is 17.1 Å². The van der Waals surface area contributed by atoms with Crippen LogP contribution < -0.4 is 10.6 Å². The molecule has 170 valence electrons. The van der Waals surface area contributed by atoms with Crippen LogP contribution in [0.5, 0.6) is 0 Å². The molecule has 1 atom stereocenters. The molecule has 0 aliphatic carbocycles. The fourth-order valence-corrected chi connectivity index (χ4v) is 3.81. The average molecular weight is 444 g/mol. The van der Waals surface area contributed by atoms with E-state index in [9.17, 15) is 13.6 Å². The van der Waals surface area contributed by atoms with Crippen molar-refractivity contribution >= 4 is 5.91 Å². The minimum atomic E-state index is -0.600. The number of aryl methyl sites for hydroxylation is 1. The Hall–Kier alpha value is -3.14. The number of nitrogens with zero attached hydrogens (tertiary/aromatic N) is 4. The molecule has 1 aliphatic rings. The van der Waals surface area contributed by atoms with E-state index >= 15 is 0 Å². The van der Waals surface area contributed by atoms with Gasteiger partial charge in [-0.05, 0) is 43.5 Å². The number of hydrogen-bond donors (Lipinski definition) is 2. The van der Waals surface area contributed by atoms with Crippen LogP contribution in [0.4, 0.5) is 8.78 Å². The molecule has 2 aromatic heterocycles. The van der Waals surface area contributed by atoms with Crippen molar-refractivity contribution in [1.82, 2.24) is 30.3 Å². The van der Waals surface area contributed by atoms with Crippen LogP contribution in [-0.2, 0) is 13.1 Å². The van der Waals surface area contributed by atoms with E-state index in [1.54, 1.807) is 11.5 Å². The summed E-state index contributed by atoms with van der Waals surface area (Å²) in [5.74, 6) is -0.632. The van der Waals surface area contributed by atoms with Gasteiger partial charge in [-0.1, -0.05) is 25.9 Å². The zero-order chi connectivity index (χ0) is 23.0. The van der Waals surface area contributed by atoms with Crippen molar-refractivity contribution < 1.29 is 18.1 Å². The van der Waals surface area contributed by atoms with Gasteiger partial charge in [0.05, 0.1) is 11.3 Å². The normalized spacial score (nSPS) is 15.2. The van der Waals surface area contributed by atoms with Crippen LogP contribution in [0.25, 0.3) is 11.4 Å². The lowest BCUT2D eigenvalue weighted by Gasteiger charge is -2.28. The van der Waals surface area contributed by atoms with E-state index in [4.69, 9.17) is 4.52 Å². The van der Waals surface area contributed by atoms with E-state index in [0.717, 1.165) is 31.2 Å². The van der Waals surface area contributed by atoms with Gasteiger partial charge >= 0.3 is 0 Å². The Kier molecular flexibility index (Phi) is 5.81. The van der Waals surface area contributed by atoms with Gasteiger partial charge in [0.2, 0.25) is 5.89 Å². The van der Waals surface area contributed by atoms with Crippen LogP contribution in [-0.4, -0.2) is 32.1 Å². The molecule has 1 aliphatic heterocycles. The van der Waals surface area contributed by atoms with Gasteiger partial charge in [0.15, 0.2) is 11.5 Å². The molecule has 10 heteroatoms. The van der Waals surface area contributed by atoms with Gasteiger partial charge in [0, 0.05) is 13.1 Å². The second-order valence-electron chi connectivity index (χ2n) is 8.99. The van der Waals surface area contributed by atoms with Gasteiger partial charge < -0.3 is 19.7 Å². The van der Waals surface area contributed by atoms with Crippen molar-refractivity contribution in [1.29, 1.82) is 0 Å². The quantitative estimate of drug-likeness (QED) is 0.639. The Balaban J connectivity index is 1.76. The van der Waals surface area contributed by atoms with Crippen molar-refractivity contribution in [2.75, 3.05) is 6.54 Å². The molecule has 4 rings (SSSR count). The lowest BCUT2D eigenvalue weighted by Crippen LogP contribution is -2.37. The van der Waals surface area contributed by atoms with Crippen LogP contribution in [0.2, 0.25) is 0 Å². The maximum absolute atomic E-state index is 14.6. The largest absolute Gasteiger partial charge is 0.338 e. The van der Waals surface area contributed by atoms with E-state index in [2.05, 4.69) is 25.8 Å². The van der Waals surface area contributed by atoms with Gasteiger partial charge in [-0.3, -0.25) is 4.79 Å². The van der Waals surface area contributed by atoms with Crippen molar-refractivity contribution in [2.24, 2.45) is 5.41 Å². The number of carbonyl (C=O) groups is 1. The van der Waals surface area contributed by atoms with Gasteiger partial charge in [-0.25, -0.2) is 13.8 Å². The zero-order valence-corrected chi connectivity index (χ0v) is 18.5. The number of aromatic nitrogens is 4. The minimum absolute atomic E-state index is 0.0205. The molecule has 1 amide bonds. The number of benzene rings is 1. The third-order valence-electron chi connectivity index (χ3n) is 5.42. The summed E-state index contributed by atoms with van der Waals surface area (Å²) in [7, 11) is 0. The summed E-state index contributed by atoms with van der Waals surface area (Å²) in [4.78, 5) is 22.1. The highest BCUT2D eigenvalue weighted by Gasteiger charge is 2.35. The summed E-state index contributed by atoms with van der Waals surface area (Å²) < 4.78 is 35.6. The Morgan fingerprint density at radius 3 is 2.75 bits per heavy atom. The topological polar surface area (TPSA) is 97.9 Å². The van der Waals surface area contributed by atoms with Crippen LogP contribution >= 0.6 is 0 Å². The molecule has 3 heterocycles. The molecule has 0 spiro atoms. The van der Waals surface area contributed by atoms with Gasteiger partial charge in [0.1, 0.15) is 23.5 Å². The predicted molar refractivity (Wildman–Crippen MR) is 113 cm³/mol. The van der Waals surface area contributed by atoms with Gasteiger partial charge in [-0.2, -0.15) is 4.98 Å². The molecule has 3 aromatic rings. The number of fused-ring (bicyclic) bond motifs is 1. The Labute approximate surface area is 184 Å². The summed E-state index contributed by atoms with van der Waals surface area (Å²) in [6.45, 7) is 9.18. The fraction of sp³-hybridized carbons (Fsp3) is 0.455. The lowest BCUT2D eigenvalue weighted by atomic mass is 9.86. The predicted octanol–water partition coefficient (Wildman–Crippen LogP) is 3.53. The molecule has 0 saturated carbocycles. The molecule has 2 N–H and O–H groups in total. The Morgan fingerprint density at radius 2 is 2.06 bits per heavy atom. The molecule has 0 saturated heterocycles. The highest BCUT2D eigenvalue weighted by molar-refractivity contribution is 5.94. The molecule has 8 nitrogen and oxygen atoms in total. The van der Waals surface area contributed by atoms with Gasteiger partial charge in [-0.15, -0.1) is 0 Å². The molecule has 1 aromatic carbocycles. The highest BCUT2D eigenvalue weighted by atomic mass is 19.1. The summed E-state index contributed by atoms with van der Waals surface area (Å²) in [6, 6.07) is 2.65. The third kappa shape index (κ3) is 4.27. The molecular formula is C22H26F2N6O2. The highest BCUT2D eigenvalue weighted by Crippen LogP contribution is 2.33. The SMILES string of the molecule is Cc1noc(C(NC(=O)c2nc(-c3cc(F)ccc3F)n3c2CNCCC3)C(C)(C)C)n1. The maximum atomic E-state index is 14.6. The van der Waals surface area contributed by atoms with Gasteiger partial charge in [0.25, 0.3) is 5.91 Å². The van der Waals surface area contributed by atoms with Crippen molar-refractivity contribution in [3.8, 4) is 11.4 Å². The molecule has 0 bridgehead atoms. The van der Waals surface area contributed by atoms with Crippen LogP contribution in [0.3, 0.4) is 0 Å². The number of carbonyl (C=O) groups excluding carboxylic acids is 1. The van der Waals surface area contributed by atoms with Crippen molar-refractivity contribution in [2.45, 2.75) is 53.2 Å². The first-order valence-electron chi connectivity index (χ1n) is 10.5. The number of rotatable bonds is 4. The number of nitrogens with one attached hydrogen (secondary N) is 2. The van der Waals surface area contributed by atoms with Crippen molar-refractivity contribution in [3.05, 3.63) is 52.9 Å². The standard InChI is InChI=1S/C22H26F2N6O2/c1-12-26-21(32-29-12)18(22(2,3)4)28-20(31)17-16-11-25-8-5-9-30(16)19(27-17)14-10-13(23)6-7-15(14)24/h6-7,10,18,25H,5,8-9,11H2,1-4H3,(H,28,31). The summed E-state index contributed by atoms with van der Waals surface area (Å²) >= 11 is 0. The zero-order valence-electron chi connectivity index (χ0n) is 18.5. The summed E-state index contributed by atoms with van der Waals surface area (Å²) in [6.07, 6.45) is 0.764. The van der Waals surface area contributed by atoms with Crippen LogP contribution in [0.1, 0.15) is 61.1 Å². The first-order chi connectivity index (χ1) is 15.1. The van der Waals surface area contributed by atoms with E-state index in [1.165, 1.54) is 0 Å². The number of halogens is 2. The number of amides is 1. The second-order valence-corrected chi connectivity index (χ2v) is 8.99. The summed E-state index contributed by atoms with van der Waals surface area (Å²) in [5, 5.41) is 10.0. The molecular weight excluding hydrogens is 418 g/mol. The van der Waals surface area contributed by atoms with E-state index in [1.807, 2.05) is 20.8 Å². The molecule has 1 unspecified atom stereocenters. The fourth-order valence-electron chi connectivity index (χ4n) is 3.81. The molecule has 32 heavy (non-hydrogen) atoms. The Morgan fingerprint density at radius 1 is 1.28 bits per heavy atom. The van der Waals surface area contributed by atoms with E-state index in [0.29, 0.717) is 30.5 Å².